The summed E-state index contributed by atoms with van der Waals surface area (Å²) >= 11 is 0. The molecule has 2 aliphatic heterocycles. The average Bonchev–Trinajstić information content (AvgIpc) is 3.28. The van der Waals surface area contributed by atoms with Gasteiger partial charge in [0.05, 0.1) is 39.3 Å². The SMILES string of the molecule is O=C(CCOCCC(=O)OCC1CO1)OCC1CO1. The molecule has 19 heavy (non-hydrogen) atoms. The molecule has 0 N–H and O–H groups in total. The number of hydrogen-bond donors (Lipinski definition) is 0. The summed E-state index contributed by atoms with van der Waals surface area (Å²) in [6.07, 6.45) is 0.514. The Bertz CT molecular complexity index is 279. The largest absolute Gasteiger partial charge is 0.463 e. The predicted octanol–water partition coefficient (Wildman–Crippen LogP) is -0.333. The Balaban J connectivity index is 1.36. The minimum Gasteiger partial charge on any atom is -0.463 e. The van der Waals surface area contributed by atoms with Gasteiger partial charge in [-0.1, -0.05) is 0 Å². The first kappa shape index (κ1) is 14.2. The van der Waals surface area contributed by atoms with Crippen molar-refractivity contribution in [3.8, 4) is 0 Å². The molecule has 0 aromatic rings. The van der Waals surface area contributed by atoms with Gasteiger partial charge in [-0.15, -0.1) is 0 Å². The third-order valence-corrected chi connectivity index (χ3v) is 2.57. The zero-order valence-electron chi connectivity index (χ0n) is 10.7. The Morgan fingerprint density at radius 1 is 0.895 bits per heavy atom. The maximum atomic E-state index is 11.2. The van der Waals surface area contributed by atoms with Gasteiger partial charge in [0.15, 0.2) is 0 Å². The molecule has 2 unspecified atom stereocenters. The molecule has 7 nitrogen and oxygen atoms in total. The fourth-order valence-electron chi connectivity index (χ4n) is 1.26. The molecule has 2 atom stereocenters. The molecule has 0 aromatic carbocycles. The van der Waals surface area contributed by atoms with E-state index in [1.54, 1.807) is 0 Å². The Morgan fingerprint density at radius 3 is 1.68 bits per heavy atom. The average molecular weight is 274 g/mol. The van der Waals surface area contributed by atoms with E-state index in [2.05, 4.69) is 0 Å². The third-order valence-electron chi connectivity index (χ3n) is 2.57. The minimum atomic E-state index is -0.316. The van der Waals surface area contributed by atoms with Crippen LogP contribution < -0.4 is 0 Å². The first-order valence-electron chi connectivity index (χ1n) is 6.36. The second-order valence-electron chi connectivity index (χ2n) is 4.39. The molecule has 2 heterocycles. The Morgan fingerprint density at radius 2 is 1.32 bits per heavy atom. The lowest BCUT2D eigenvalue weighted by atomic mass is 10.4. The Labute approximate surface area is 111 Å². The highest BCUT2D eigenvalue weighted by atomic mass is 16.6. The first-order chi connectivity index (χ1) is 9.24. The van der Waals surface area contributed by atoms with Crippen LogP contribution >= 0.6 is 0 Å². The van der Waals surface area contributed by atoms with Crippen molar-refractivity contribution < 1.29 is 33.3 Å². The molecular weight excluding hydrogens is 256 g/mol. The van der Waals surface area contributed by atoms with Crippen LogP contribution in [0.1, 0.15) is 12.8 Å². The molecule has 2 saturated heterocycles. The second kappa shape index (κ2) is 7.42. The lowest BCUT2D eigenvalue weighted by Gasteiger charge is -2.05. The fraction of sp³-hybridized carbons (Fsp3) is 0.833. The molecule has 2 rings (SSSR count). The summed E-state index contributed by atoms with van der Waals surface area (Å²) in [6.45, 7) is 2.44. The van der Waals surface area contributed by atoms with Gasteiger partial charge in [0.25, 0.3) is 0 Å². The first-order valence-corrected chi connectivity index (χ1v) is 6.36. The molecule has 0 bridgehead atoms. The topological polar surface area (TPSA) is 86.9 Å². The van der Waals surface area contributed by atoms with Crippen LogP contribution in [-0.4, -0.2) is 63.8 Å². The maximum absolute atomic E-state index is 11.2. The monoisotopic (exact) mass is 274 g/mol. The van der Waals surface area contributed by atoms with Gasteiger partial charge in [-0.25, -0.2) is 0 Å². The van der Waals surface area contributed by atoms with Crippen molar-refractivity contribution >= 4 is 11.9 Å². The van der Waals surface area contributed by atoms with Crippen molar-refractivity contribution in [2.75, 3.05) is 39.6 Å². The van der Waals surface area contributed by atoms with Crippen molar-refractivity contribution in [1.29, 1.82) is 0 Å². The molecule has 108 valence electrons. The van der Waals surface area contributed by atoms with Crippen LogP contribution in [0.25, 0.3) is 0 Å². The van der Waals surface area contributed by atoms with E-state index >= 15 is 0 Å². The van der Waals surface area contributed by atoms with Gasteiger partial charge in [-0.05, 0) is 0 Å². The van der Waals surface area contributed by atoms with E-state index in [-0.39, 0.29) is 50.2 Å². The molecule has 0 spiro atoms. The molecule has 2 aliphatic rings. The van der Waals surface area contributed by atoms with E-state index in [0.717, 1.165) is 0 Å². The lowest BCUT2D eigenvalue weighted by molar-refractivity contribution is -0.146. The van der Waals surface area contributed by atoms with Crippen molar-refractivity contribution in [1.82, 2.24) is 0 Å². The highest BCUT2D eigenvalue weighted by molar-refractivity contribution is 5.70. The van der Waals surface area contributed by atoms with Gasteiger partial charge in [0, 0.05) is 0 Å². The van der Waals surface area contributed by atoms with Gasteiger partial charge in [0.1, 0.15) is 25.4 Å². The normalized spacial score (nSPS) is 23.8. The van der Waals surface area contributed by atoms with Crippen molar-refractivity contribution in [2.24, 2.45) is 0 Å². The van der Waals surface area contributed by atoms with Crippen molar-refractivity contribution in [3.63, 3.8) is 0 Å². The molecule has 0 amide bonds. The van der Waals surface area contributed by atoms with Crippen LogP contribution in [0, 0.1) is 0 Å². The van der Waals surface area contributed by atoms with Crippen LogP contribution in [0.3, 0.4) is 0 Å². The van der Waals surface area contributed by atoms with E-state index in [9.17, 15) is 9.59 Å². The summed E-state index contributed by atoms with van der Waals surface area (Å²) in [7, 11) is 0. The molecular formula is C12H18O7. The van der Waals surface area contributed by atoms with Crippen molar-refractivity contribution in [3.05, 3.63) is 0 Å². The van der Waals surface area contributed by atoms with E-state index in [0.29, 0.717) is 26.4 Å². The molecule has 0 radical (unpaired) electrons. The van der Waals surface area contributed by atoms with E-state index in [1.165, 1.54) is 0 Å². The summed E-state index contributed by atoms with van der Waals surface area (Å²) < 4.78 is 24.8. The summed E-state index contributed by atoms with van der Waals surface area (Å²) in [5, 5.41) is 0. The number of carbonyl (C=O) groups excluding carboxylic acids is 2. The molecule has 0 saturated carbocycles. The molecule has 0 aromatic heterocycles. The smallest absolute Gasteiger partial charge is 0.308 e. The Kier molecular flexibility index (Phi) is 5.56. The number of hydrogen-bond acceptors (Lipinski definition) is 7. The van der Waals surface area contributed by atoms with Gasteiger partial charge >= 0.3 is 11.9 Å². The fourth-order valence-corrected chi connectivity index (χ4v) is 1.26. The summed E-state index contributed by atoms with van der Waals surface area (Å²) in [6, 6.07) is 0. The second-order valence-corrected chi connectivity index (χ2v) is 4.39. The van der Waals surface area contributed by atoms with Gasteiger partial charge in [-0.3, -0.25) is 9.59 Å². The maximum Gasteiger partial charge on any atom is 0.308 e. The van der Waals surface area contributed by atoms with Crippen LogP contribution in [-0.2, 0) is 33.3 Å². The quantitative estimate of drug-likeness (QED) is 0.306. The number of rotatable bonds is 10. The van der Waals surface area contributed by atoms with E-state index in [4.69, 9.17) is 23.7 Å². The van der Waals surface area contributed by atoms with Crippen LogP contribution in [0.4, 0.5) is 0 Å². The predicted molar refractivity (Wildman–Crippen MR) is 61.5 cm³/mol. The molecule has 0 aliphatic carbocycles. The highest BCUT2D eigenvalue weighted by Gasteiger charge is 2.24. The van der Waals surface area contributed by atoms with E-state index in [1.807, 2.05) is 0 Å². The molecule has 7 heteroatoms. The van der Waals surface area contributed by atoms with Crippen LogP contribution in [0.5, 0.6) is 0 Å². The Hall–Kier alpha value is -1.18. The van der Waals surface area contributed by atoms with Crippen LogP contribution in [0.15, 0.2) is 0 Å². The van der Waals surface area contributed by atoms with Gasteiger partial charge in [0.2, 0.25) is 0 Å². The van der Waals surface area contributed by atoms with Crippen LogP contribution in [0.2, 0.25) is 0 Å². The number of ether oxygens (including phenoxy) is 5. The summed E-state index contributed by atoms with van der Waals surface area (Å²) in [5.74, 6) is -0.632. The van der Waals surface area contributed by atoms with Gasteiger partial charge < -0.3 is 23.7 Å². The van der Waals surface area contributed by atoms with Crippen molar-refractivity contribution in [2.45, 2.75) is 25.0 Å². The number of epoxide rings is 2. The molecule has 2 fully saturated rings. The minimum absolute atomic E-state index is 0.0788. The third kappa shape index (κ3) is 7.09. The summed E-state index contributed by atoms with van der Waals surface area (Å²) in [5.41, 5.74) is 0. The number of carbonyl (C=O) groups is 2. The zero-order valence-corrected chi connectivity index (χ0v) is 10.7. The zero-order chi connectivity index (χ0) is 13.5. The highest BCUT2D eigenvalue weighted by Crippen LogP contribution is 2.09. The van der Waals surface area contributed by atoms with Gasteiger partial charge in [-0.2, -0.15) is 0 Å². The standard InChI is InChI=1S/C12H18O7/c13-11(18-7-9-5-16-9)1-3-15-4-2-12(14)19-8-10-6-17-10/h9-10H,1-8H2. The lowest BCUT2D eigenvalue weighted by Crippen LogP contribution is -2.14. The van der Waals surface area contributed by atoms with E-state index < -0.39 is 0 Å². The number of esters is 2. The summed E-state index contributed by atoms with van der Waals surface area (Å²) in [4.78, 5) is 22.4.